The lowest BCUT2D eigenvalue weighted by Crippen LogP contribution is -2.33. The van der Waals surface area contributed by atoms with E-state index in [0.29, 0.717) is 12.0 Å². The van der Waals surface area contributed by atoms with Crippen LogP contribution in [-0.4, -0.2) is 6.61 Å². The highest BCUT2D eigenvalue weighted by Crippen LogP contribution is 2.35. The fourth-order valence-electron chi connectivity index (χ4n) is 2.92. The molecule has 2 nitrogen and oxygen atoms in total. The van der Waals surface area contributed by atoms with Crippen LogP contribution in [0, 0.1) is 5.92 Å². The third-order valence-corrected chi connectivity index (χ3v) is 4.28. The molecule has 2 unspecified atom stereocenters. The molecule has 110 valence electrons. The molecule has 3 rings (SSSR count). The molecule has 0 amide bonds. The second-order valence-electron chi connectivity index (χ2n) is 5.85. The fraction of sp³-hybridized carbons (Fsp3) is 0.368. The maximum absolute atomic E-state index is 5.81. The summed E-state index contributed by atoms with van der Waals surface area (Å²) in [5.74, 6) is 1.50. The maximum atomic E-state index is 5.81. The topological polar surface area (TPSA) is 21.3 Å². The molecule has 0 saturated heterocycles. The molecule has 0 fully saturated rings. The number of rotatable bonds is 4. The van der Waals surface area contributed by atoms with Gasteiger partial charge < -0.3 is 10.1 Å². The van der Waals surface area contributed by atoms with Gasteiger partial charge in [-0.25, -0.2) is 0 Å². The molecule has 0 aliphatic carbocycles. The van der Waals surface area contributed by atoms with Gasteiger partial charge in [0.05, 0.1) is 6.61 Å². The Hall–Kier alpha value is -1.80. The Bertz CT molecular complexity index is 591. The van der Waals surface area contributed by atoms with Crippen molar-refractivity contribution in [3.8, 4) is 5.75 Å². The van der Waals surface area contributed by atoms with Gasteiger partial charge in [-0.05, 0) is 23.6 Å². The lowest BCUT2D eigenvalue weighted by atomic mass is 9.92. The molecule has 1 heterocycles. The van der Waals surface area contributed by atoms with E-state index in [2.05, 4.69) is 61.6 Å². The van der Waals surface area contributed by atoms with Crippen LogP contribution in [0.4, 0.5) is 0 Å². The standard InChI is InChI=1S/C19H23NO/c1-3-15-8-10-16(11-9-15)12-20-19-14(2)13-21-18-7-5-4-6-17(18)19/h4-11,14,19-20H,3,12-13H2,1-2H3. The molecule has 0 spiro atoms. The van der Waals surface area contributed by atoms with Crippen LogP contribution in [0.2, 0.25) is 0 Å². The Morgan fingerprint density at radius 3 is 2.52 bits per heavy atom. The van der Waals surface area contributed by atoms with Crippen LogP contribution in [0.1, 0.15) is 36.6 Å². The molecule has 2 heteroatoms. The molecule has 0 aromatic heterocycles. The molecule has 0 bridgehead atoms. The zero-order valence-electron chi connectivity index (χ0n) is 12.8. The predicted octanol–water partition coefficient (Wildman–Crippen LogP) is 4.11. The monoisotopic (exact) mass is 281 g/mol. The van der Waals surface area contributed by atoms with Gasteiger partial charge in [0.15, 0.2) is 0 Å². The van der Waals surface area contributed by atoms with Crippen LogP contribution in [0.25, 0.3) is 0 Å². The van der Waals surface area contributed by atoms with Crippen molar-refractivity contribution in [2.24, 2.45) is 5.92 Å². The van der Waals surface area contributed by atoms with Gasteiger partial charge in [-0.1, -0.05) is 56.3 Å². The van der Waals surface area contributed by atoms with E-state index in [1.54, 1.807) is 0 Å². The van der Waals surface area contributed by atoms with Gasteiger partial charge in [0, 0.05) is 24.1 Å². The third-order valence-electron chi connectivity index (χ3n) is 4.28. The number of para-hydroxylation sites is 1. The van der Waals surface area contributed by atoms with Crippen LogP contribution >= 0.6 is 0 Å². The van der Waals surface area contributed by atoms with E-state index in [9.17, 15) is 0 Å². The molecule has 1 N–H and O–H groups in total. The summed E-state index contributed by atoms with van der Waals surface area (Å²) in [7, 11) is 0. The van der Waals surface area contributed by atoms with Gasteiger partial charge in [0.1, 0.15) is 5.75 Å². The van der Waals surface area contributed by atoms with Crippen LogP contribution in [0.5, 0.6) is 5.75 Å². The molecule has 0 radical (unpaired) electrons. The highest BCUT2D eigenvalue weighted by molar-refractivity contribution is 5.38. The van der Waals surface area contributed by atoms with E-state index >= 15 is 0 Å². The summed E-state index contributed by atoms with van der Waals surface area (Å²) >= 11 is 0. The highest BCUT2D eigenvalue weighted by atomic mass is 16.5. The van der Waals surface area contributed by atoms with Gasteiger partial charge in [-0.2, -0.15) is 0 Å². The smallest absolute Gasteiger partial charge is 0.124 e. The summed E-state index contributed by atoms with van der Waals surface area (Å²) in [5, 5.41) is 3.70. The van der Waals surface area contributed by atoms with Gasteiger partial charge in [0.2, 0.25) is 0 Å². The van der Waals surface area contributed by atoms with Crippen molar-refractivity contribution >= 4 is 0 Å². The number of ether oxygens (including phenoxy) is 1. The Labute approximate surface area is 127 Å². The molecule has 2 aromatic rings. The van der Waals surface area contributed by atoms with Crippen molar-refractivity contribution in [1.29, 1.82) is 0 Å². The average Bonchev–Trinajstić information content (AvgIpc) is 2.54. The van der Waals surface area contributed by atoms with Gasteiger partial charge in [0.25, 0.3) is 0 Å². The van der Waals surface area contributed by atoms with Gasteiger partial charge >= 0.3 is 0 Å². The van der Waals surface area contributed by atoms with Gasteiger partial charge in [-0.3, -0.25) is 0 Å². The Morgan fingerprint density at radius 1 is 1.05 bits per heavy atom. The Balaban J connectivity index is 1.72. The quantitative estimate of drug-likeness (QED) is 0.910. The van der Waals surface area contributed by atoms with Crippen molar-refractivity contribution in [2.45, 2.75) is 32.9 Å². The molecule has 1 aliphatic rings. The number of benzene rings is 2. The van der Waals surface area contributed by atoms with Crippen molar-refractivity contribution in [2.75, 3.05) is 6.61 Å². The summed E-state index contributed by atoms with van der Waals surface area (Å²) in [6.45, 7) is 6.11. The summed E-state index contributed by atoms with van der Waals surface area (Å²) in [6, 6.07) is 17.6. The van der Waals surface area contributed by atoms with E-state index in [1.165, 1.54) is 16.7 Å². The van der Waals surface area contributed by atoms with E-state index in [4.69, 9.17) is 4.74 Å². The number of nitrogens with one attached hydrogen (secondary N) is 1. The summed E-state index contributed by atoms with van der Waals surface area (Å²) < 4.78 is 5.81. The SMILES string of the molecule is CCc1ccc(CNC2c3ccccc3OCC2C)cc1. The zero-order valence-corrected chi connectivity index (χ0v) is 12.8. The summed E-state index contributed by atoms with van der Waals surface area (Å²) in [4.78, 5) is 0. The number of aryl methyl sites for hydroxylation is 1. The number of hydrogen-bond donors (Lipinski definition) is 1. The van der Waals surface area contributed by atoms with Crippen LogP contribution in [0.3, 0.4) is 0 Å². The van der Waals surface area contributed by atoms with Crippen molar-refractivity contribution in [3.63, 3.8) is 0 Å². The second-order valence-corrected chi connectivity index (χ2v) is 5.85. The Kier molecular flexibility index (Phi) is 4.26. The predicted molar refractivity (Wildman–Crippen MR) is 86.5 cm³/mol. The molecular formula is C19H23NO. The minimum Gasteiger partial charge on any atom is -0.493 e. The minimum absolute atomic E-state index is 0.362. The van der Waals surface area contributed by atoms with E-state index in [0.717, 1.165) is 25.3 Å². The first-order valence-electron chi connectivity index (χ1n) is 7.81. The highest BCUT2D eigenvalue weighted by Gasteiger charge is 2.26. The molecular weight excluding hydrogens is 258 g/mol. The Morgan fingerprint density at radius 2 is 1.76 bits per heavy atom. The largest absolute Gasteiger partial charge is 0.493 e. The average molecular weight is 281 g/mol. The number of hydrogen-bond acceptors (Lipinski definition) is 2. The van der Waals surface area contributed by atoms with Crippen molar-refractivity contribution in [1.82, 2.24) is 5.32 Å². The maximum Gasteiger partial charge on any atom is 0.124 e. The summed E-state index contributed by atoms with van der Waals surface area (Å²) in [6.07, 6.45) is 1.10. The van der Waals surface area contributed by atoms with E-state index < -0.39 is 0 Å². The lowest BCUT2D eigenvalue weighted by molar-refractivity contribution is 0.188. The molecule has 2 aromatic carbocycles. The van der Waals surface area contributed by atoms with Crippen LogP contribution in [-0.2, 0) is 13.0 Å². The molecule has 2 atom stereocenters. The lowest BCUT2D eigenvalue weighted by Gasteiger charge is -2.32. The molecule has 0 saturated carbocycles. The van der Waals surface area contributed by atoms with E-state index in [1.807, 2.05) is 6.07 Å². The van der Waals surface area contributed by atoms with Crippen molar-refractivity contribution < 1.29 is 4.74 Å². The minimum atomic E-state index is 0.362. The van der Waals surface area contributed by atoms with Gasteiger partial charge in [-0.15, -0.1) is 0 Å². The first kappa shape index (κ1) is 14.2. The molecule has 1 aliphatic heterocycles. The number of fused-ring (bicyclic) bond motifs is 1. The summed E-state index contributed by atoms with van der Waals surface area (Å²) in [5.41, 5.74) is 4.01. The fourth-order valence-corrected chi connectivity index (χ4v) is 2.92. The first-order valence-corrected chi connectivity index (χ1v) is 7.81. The molecule has 21 heavy (non-hydrogen) atoms. The first-order chi connectivity index (χ1) is 10.3. The third kappa shape index (κ3) is 3.11. The zero-order chi connectivity index (χ0) is 14.7. The normalized spacial score (nSPS) is 20.7. The van der Waals surface area contributed by atoms with Crippen molar-refractivity contribution in [3.05, 3.63) is 65.2 Å². The van der Waals surface area contributed by atoms with Crippen LogP contribution in [0.15, 0.2) is 48.5 Å². The van der Waals surface area contributed by atoms with E-state index in [-0.39, 0.29) is 0 Å². The van der Waals surface area contributed by atoms with Crippen LogP contribution < -0.4 is 10.1 Å². The second kappa shape index (κ2) is 6.31.